The predicted molar refractivity (Wildman–Crippen MR) is 92.6 cm³/mol. The van der Waals surface area contributed by atoms with Crippen molar-refractivity contribution in [1.82, 2.24) is 20.0 Å². The van der Waals surface area contributed by atoms with Crippen molar-refractivity contribution in [3.8, 4) is 5.75 Å². The van der Waals surface area contributed by atoms with E-state index in [-0.39, 0.29) is 5.91 Å². The average Bonchev–Trinajstić information content (AvgIpc) is 3.03. The Morgan fingerprint density at radius 1 is 1.25 bits per heavy atom. The summed E-state index contributed by atoms with van der Waals surface area (Å²) in [6.45, 7) is 6.47. The van der Waals surface area contributed by atoms with Crippen molar-refractivity contribution < 1.29 is 9.53 Å². The molecule has 24 heavy (non-hydrogen) atoms. The summed E-state index contributed by atoms with van der Waals surface area (Å²) in [5.74, 6) is 0.818. The molecule has 0 aliphatic carbocycles. The molecule has 1 amide bonds. The van der Waals surface area contributed by atoms with Crippen LogP contribution in [-0.2, 0) is 0 Å². The topological polar surface area (TPSA) is 61.5 Å². The fourth-order valence-corrected chi connectivity index (χ4v) is 2.81. The normalized spacial score (nSPS) is 15.5. The lowest BCUT2D eigenvalue weighted by Crippen LogP contribution is -2.49. The third-order valence-electron chi connectivity index (χ3n) is 4.07. The number of aromatic amines is 1. The number of nitrogens with one attached hydrogen (secondary N) is 1. The number of hydrogen-bond acceptors (Lipinski definition) is 4. The van der Waals surface area contributed by atoms with Gasteiger partial charge in [0.15, 0.2) is 0 Å². The molecule has 0 bridgehead atoms. The third-order valence-corrected chi connectivity index (χ3v) is 4.33. The second-order valence-electron chi connectivity index (χ2n) is 5.87. The first kappa shape index (κ1) is 16.8. The van der Waals surface area contributed by atoms with Gasteiger partial charge in [-0.3, -0.25) is 14.8 Å². The fourth-order valence-electron chi connectivity index (χ4n) is 2.69. The fraction of sp³-hybridized carbons (Fsp3) is 0.412. The summed E-state index contributed by atoms with van der Waals surface area (Å²) in [5.41, 5.74) is 1.39. The van der Waals surface area contributed by atoms with Crippen molar-refractivity contribution >= 4 is 17.5 Å². The van der Waals surface area contributed by atoms with Gasteiger partial charge in [0, 0.05) is 43.4 Å². The molecule has 128 valence electrons. The number of benzene rings is 1. The molecule has 0 saturated carbocycles. The molecule has 1 fully saturated rings. The number of aromatic nitrogens is 2. The molecule has 0 atom stereocenters. The van der Waals surface area contributed by atoms with Crippen LogP contribution in [-0.4, -0.2) is 65.2 Å². The number of ether oxygens (including phenoxy) is 1. The van der Waals surface area contributed by atoms with Gasteiger partial charge in [0.05, 0.1) is 0 Å². The van der Waals surface area contributed by atoms with Gasteiger partial charge in [0.2, 0.25) is 0 Å². The van der Waals surface area contributed by atoms with Gasteiger partial charge in [-0.25, -0.2) is 0 Å². The Balaban J connectivity index is 1.40. The Morgan fingerprint density at radius 2 is 1.96 bits per heavy atom. The van der Waals surface area contributed by atoms with Gasteiger partial charge < -0.3 is 9.64 Å². The number of carbonyl (C=O) groups is 1. The highest BCUT2D eigenvalue weighted by Gasteiger charge is 2.23. The van der Waals surface area contributed by atoms with Crippen LogP contribution in [0.25, 0.3) is 0 Å². The number of carbonyl (C=O) groups excluding carboxylic acids is 1. The summed E-state index contributed by atoms with van der Waals surface area (Å²) in [6.07, 6.45) is 0. The Labute approximate surface area is 146 Å². The molecular weight excluding hydrogens is 328 g/mol. The number of amides is 1. The first-order valence-electron chi connectivity index (χ1n) is 8.04. The minimum absolute atomic E-state index is 0.00332. The molecule has 2 aromatic rings. The predicted octanol–water partition coefficient (Wildman–Crippen LogP) is 2.21. The van der Waals surface area contributed by atoms with Gasteiger partial charge in [0.25, 0.3) is 5.91 Å². The maximum Gasteiger partial charge on any atom is 0.274 e. The van der Waals surface area contributed by atoms with Crippen molar-refractivity contribution in [3.63, 3.8) is 0 Å². The SMILES string of the molecule is Cc1cc(C(=O)N2CCN(CCOc3ccc(Cl)cc3)CC2)n[nH]1. The molecule has 3 rings (SSSR count). The first-order chi connectivity index (χ1) is 11.6. The molecule has 0 radical (unpaired) electrons. The molecule has 7 heteroatoms. The van der Waals surface area contributed by atoms with Gasteiger partial charge >= 0.3 is 0 Å². The Morgan fingerprint density at radius 3 is 2.58 bits per heavy atom. The van der Waals surface area contributed by atoms with Crippen LogP contribution in [0.2, 0.25) is 5.02 Å². The number of hydrogen-bond donors (Lipinski definition) is 1. The monoisotopic (exact) mass is 348 g/mol. The summed E-state index contributed by atoms with van der Waals surface area (Å²) in [5, 5.41) is 7.56. The van der Waals surface area contributed by atoms with Crippen molar-refractivity contribution in [1.29, 1.82) is 0 Å². The van der Waals surface area contributed by atoms with E-state index in [1.807, 2.05) is 36.1 Å². The van der Waals surface area contributed by atoms with Crippen LogP contribution in [0.15, 0.2) is 30.3 Å². The summed E-state index contributed by atoms with van der Waals surface area (Å²) in [4.78, 5) is 16.5. The van der Waals surface area contributed by atoms with Crippen LogP contribution in [0, 0.1) is 6.92 Å². The van der Waals surface area contributed by atoms with Gasteiger partial charge in [-0.15, -0.1) is 0 Å². The highest BCUT2D eigenvalue weighted by atomic mass is 35.5. The second kappa shape index (κ2) is 7.68. The lowest BCUT2D eigenvalue weighted by Gasteiger charge is -2.34. The molecule has 1 aliphatic heterocycles. The van der Waals surface area contributed by atoms with Crippen molar-refractivity contribution in [2.24, 2.45) is 0 Å². The Hall–Kier alpha value is -2.05. The van der Waals surface area contributed by atoms with Crippen LogP contribution >= 0.6 is 11.6 Å². The van der Waals surface area contributed by atoms with Gasteiger partial charge in [-0.05, 0) is 37.3 Å². The van der Waals surface area contributed by atoms with E-state index >= 15 is 0 Å². The number of aryl methyl sites for hydroxylation is 1. The van der Waals surface area contributed by atoms with Crippen LogP contribution in [0.1, 0.15) is 16.2 Å². The molecule has 1 aliphatic rings. The highest BCUT2D eigenvalue weighted by Crippen LogP contribution is 2.15. The van der Waals surface area contributed by atoms with E-state index in [0.717, 1.165) is 31.1 Å². The van der Waals surface area contributed by atoms with E-state index in [1.165, 1.54) is 0 Å². The maximum atomic E-state index is 12.3. The summed E-state index contributed by atoms with van der Waals surface area (Å²) < 4.78 is 5.72. The van der Waals surface area contributed by atoms with Gasteiger partial charge in [-0.2, -0.15) is 5.10 Å². The number of halogens is 1. The first-order valence-corrected chi connectivity index (χ1v) is 8.41. The molecule has 1 N–H and O–H groups in total. The lowest BCUT2D eigenvalue weighted by molar-refractivity contribution is 0.0614. The van der Waals surface area contributed by atoms with Crippen LogP contribution in [0.4, 0.5) is 0 Å². The van der Waals surface area contributed by atoms with E-state index in [4.69, 9.17) is 16.3 Å². The third kappa shape index (κ3) is 4.27. The molecule has 6 nitrogen and oxygen atoms in total. The minimum atomic E-state index is -0.00332. The number of rotatable bonds is 5. The molecule has 2 heterocycles. The maximum absolute atomic E-state index is 12.3. The molecule has 1 saturated heterocycles. The van der Waals surface area contributed by atoms with E-state index in [0.29, 0.717) is 30.4 Å². The number of nitrogens with zero attached hydrogens (tertiary/aromatic N) is 3. The Bertz CT molecular complexity index is 678. The zero-order valence-electron chi connectivity index (χ0n) is 13.7. The van der Waals surface area contributed by atoms with Crippen LogP contribution in [0.3, 0.4) is 0 Å². The molecule has 0 spiro atoms. The zero-order chi connectivity index (χ0) is 16.9. The van der Waals surface area contributed by atoms with Crippen molar-refractivity contribution in [2.75, 3.05) is 39.3 Å². The van der Waals surface area contributed by atoms with Crippen molar-refractivity contribution in [2.45, 2.75) is 6.92 Å². The van der Waals surface area contributed by atoms with Gasteiger partial charge in [-0.1, -0.05) is 11.6 Å². The molecular formula is C17H21ClN4O2. The van der Waals surface area contributed by atoms with Crippen LogP contribution in [0.5, 0.6) is 5.75 Å². The lowest BCUT2D eigenvalue weighted by atomic mass is 10.2. The summed E-state index contributed by atoms with van der Waals surface area (Å²) >= 11 is 5.85. The number of piperazine rings is 1. The molecule has 1 aromatic heterocycles. The molecule has 1 aromatic carbocycles. The van der Waals surface area contributed by atoms with Crippen molar-refractivity contribution in [3.05, 3.63) is 46.7 Å². The zero-order valence-corrected chi connectivity index (χ0v) is 14.4. The van der Waals surface area contributed by atoms with Gasteiger partial charge in [0.1, 0.15) is 18.1 Å². The Kier molecular flexibility index (Phi) is 5.37. The van der Waals surface area contributed by atoms with E-state index < -0.39 is 0 Å². The quantitative estimate of drug-likeness (QED) is 0.900. The summed E-state index contributed by atoms with van der Waals surface area (Å²) in [7, 11) is 0. The number of H-pyrrole nitrogens is 1. The van der Waals surface area contributed by atoms with E-state index in [9.17, 15) is 4.79 Å². The van der Waals surface area contributed by atoms with E-state index in [1.54, 1.807) is 6.07 Å². The summed E-state index contributed by atoms with van der Waals surface area (Å²) in [6, 6.07) is 9.15. The minimum Gasteiger partial charge on any atom is -0.492 e. The highest BCUT2D eigenvalue weighted by molar-refractivity contribution is 6.30. The molecule has 0 unspecified atom stereocenters. The largest absolute Gasteiger partial charge is 0.492 e. The average molecular weight is 349 g/mol. The smallest absolute Gasteiger partial charge is 0.274 e. The second-order valence-corrected chi connectivity index (χ2v) is 6.31. The van der Waals surface area contributed by atoms with Crippen LogP contribution < -0.4 is 4.74 Å². The standard InChI is InChI=1S/C17H21ClN4O2/c1-13-12-16(20-19-13)17(23)22-8-6-21(7-9-22)10-11-24-15-4-2-14(18)3-5-15/h2-5,12H,6-11H2,1H3,(H,19,20). The van der Waals surface area contributed by atoms with E-state index in [2.05, 4.69) is 15.1 Å².